The lowest BCUT2D eigenvalue weighted by Gasteiger charge is -2.10. The first kappa shape index (κ1) is 20.3. The van der Waals surface area contributed by atoms with E-state index in [1.54, 1.807) is 25.3 Å². The van der Waals surface area contributed by atoms with Gasteiger partial charge in [0.2, 0.25) is 11.8 Å². The molecule has 27 heavy (non-hydrogen) atoms. The molecule has 0 aromatic heterocycles. The van der Waals surface area contributed by atoms with E-state index in [-0.39, 0.29) is 18.4 Å². The number of amides is 2. The number of anilines is 3. The van der Waals surface area contributed by atoms with Crippen molar-refractivity contribution in [3.05, 3.63) is 48.5 Å². The lowest BCUT2D eigenvalue weighted by molar-refractivity contribution is -0.116. The van der Waals surface area contributed by atoms with E-state index in [0.29, 0.717) is 17.8 Å². The minimum atomic E-state index is -0.169. The first-order valence-electron chi connectivity index (χ1n) is 9.18. The number of rotatable bonds is 10. The molecule has 0 saturated heterocycles. The molecule has 0 unspecified atom stereocenters. The molecule has 0 aliphatic rings. The molecule has 2 amide bonds. The summed E-state index contributed by atoms with van der Waals surface area (Å²) in [7, 11) is 1.61. The van der Waals surface area contributed by atoms with E-state index in [1.165, 1.54) is 0 Å². The molecule has 2 aromatic rings. The molecule has 0 spiro atoms. The van der Waals surface area contributed by atoms with E-state index in [4.69, 9.17) is 4.74 Å². The molecule has 2 aromatic carbocycles. The number of carbonyl (C=O) groups is 2. The molecule has 6 nitrogen and oxygen atoms in total. The fourth-order valence-electron chi connectivity index (χ4n) is 2.53. The van der Waals surface area contributed by atoms with Crippen molar-refractivity contribution in [2.75, 3.05) is 29.6 Å². The van der Waals surface area contributed by atoms with Crippen LogP contribution in [0.5, 0.6) is 5.75 Å². The van der Waals surface area contributed by atoms with Crippen LogP contribution in [0.4, 0.5) is 17.1 Å². The van der Waals surface area contributed by atoms with Gasteiger partial charge in [-0.15, -0.1) is 0 Å². The van der Waals surface area contributed by atoms with Gasteiger partial charge in [-0.05, 0) is 48.9 Å². The second-order valence-corrected chi connectivity index (χ2v) is 6.22. The highest BCUT2D eigenvalue weighted by atomic mass is 16.5. The summed E-state index contributed by atoms with van der Waals surface area (Å²) in [6.45, 7) is 2.24. The molecule has 0 bridgehead atoms. The van der Waals surface area contributed by atoms with Crippen LogP contribution in [0.1, 0.15) is 32.6 Å². The van der Waals surface area contributed by atoms with Crippen LogP contribution in [0.2, 0.25) is 0 Å². The molecular formula is C21H27N3O3. The van der Waals surface area contributed by atoms with Crippen molar-refractivity contribution >= 4 is 28.9 Å². The maximum atomic E-state index is 12.1. The van der Waals surface area contributed by atoms with Gasteiger partial charge in [0.15, 0.2) is 0 Å². The second-order valence-electron chi connectivity index (χ2n) is 6.22. The molecule has 0 heterocycles. The molecule has 0 aliphatic carbocycles. The minimum absolute atomic E-state index is 0.00639. The predicted octanol–water partition coefficient (Wildman–Crippen LogP) is 4.26. The van der Waals surface area contributed by atoms with Crippen LogP contribution in [-0.4, -0.2) is 25.5 Å². The summed E-state index contributed by atoms with van der Waals surface area (Å²) in [6, 6.07) is 14.5. The largest absolute Gasteiger partial charge is 0.497 e. The average molecular weight is 369 g/mol. The lowest BCUT2D eigenvalue weighted by atomic mass is 10.2. The summed E-state index contributed by atoms with van der Waals surface area (Å²) in [5.41, 5.74) is 2.15. The smallest absolute Gasteiger partial charge is 0.243 e. The number of hydrogen-bond donors (Lipinski definition) is 3. The van der Waals surface area contributed by atoms with Crippen LogP contribution < -0.4 is 20.7 Å². The molecule has 3 N–H and O–H groups in total. The Hall–Kier alpha value is -3.02. The van der Waals surface area contributed by atoms with Crippen molar-refractivity contribution in [3.63, 3.8) is 0 Å². The third-order valence-electron chi connectivity index (χ3n) is 3.98. The number of unbranched alkanes of at least 4 members (excludes halogenated alkanes) is 2. The van der Waals surface area contributed by atoms with Crippen LogP contribution >= 0.6 is 0 Å². The number of methoxy groups -OCH3 is 1. The van der Waals surface area contributed by atoms with E-state index >= 15 is 0 Å². The Balaban J connectivity index is 1.81. The molecular weight excluding hydrogens is 342 g/mol. The Morgan fingerprint density at radius 1 is 0.889 bits per heavy atom. The summed E-state index contributed by atoms with van der Waals surface area (Å²) in [6.07, 6.45) is 3.52. The topological polar surface area (TPSA) is 79.5 Å². The fraction of sp³-hybridized carbons (Fsp3) is 0.333. The zero-order valence-corrected chi connectivity index (χ0v) is 15.9. The standard InChI is InChI=1S/C21H27N3O3/c1-3-4-5-9-20(25)23-17-7-6-8-18(14-17)24-21(26)15-22-16-10-12-19(27-2)13-11-16/h6-8,10-14,22H,3-5,9,15H2,1-2H3,(H,23,25)(H,24,26). The Morgan fingerprint density at radius 3 is 2.19 bits per heavy atom. The molecule has 0 aliphatic heterocycles. The van der Waals surface area contributed by atoms with Gasteiger partial charge in [-0.3, -0.25) is 9.59 Å². The molecule has 6 heteroatoms. The van der Waals surface area contributed by atoms with Gasteiger partial charge in [0.25, 0.3) is 0 Å². The van der Waals surface area contributed by atoms with Crippen LogP contribution in [-0.2, 0) is 9.59 Å². The monoisotopic (exact) mass is 369 g/mol. The SMILES string of the molecule is CCCCCC(=O)Nc1cccc(NC(=O)CNc2ccc(OC)cc2)c1. The van der Waals surface area contributed by atoms with Crippen molar-refractivity contribution in [2.45, 2.75) is 32.6 Å². The van der Waals surface area contributed by atoms with Crippen molar-refractivity contribution in [3.8, 4) is 5.75 Å². The zero-order valence-electron chi connectivity index (χ0n) is 15.9. The summed E-state index contributed by atoms with van der Waals surface area (Å²) < 4.78 is 5.10. The Morgan fingerprint density at radius 2 is 1.56 bits per heavy atom. The highest BCUT2D eigenvalue weighted by molar-refractivity contribution is 5.95. The summed E-state index contributed by atoms with van der Waals surface area (Å²) >= 11 is 0. The third kappa shape index (κ3) is 7.40. The quantitative estimate of drug-likeness (QED) is 0.547. The second kappa shape index (κ2) is 10.9. The summed E-state index contributed by atoms with van der Waals surface area (Å²) in [5.74, 6) is 0.587. The highest BCUT2D eigenvalue weighted by Crippen LogP contribution is 2.17. The molecule has 2 rings (SSSR count). The molecule has 144 valence electrons. The van der Waals surface area contributed by atoms with E-state index in [9.17, 15) is 9.59 Å². The Bertz CT molecular complexity index is 745. The van der Waals surface area contributed by atoms with Crippen molar-refractivity contribution in [1.82, 2.24) is 0 Å². The maximum Gasteiger partial charge on any atom is 0.243 e. The number of hydrogen-bond acceptors (Lipinski definition) is 4. The minimum Gasteiger partial charge on any atom is -0.497 e. The normalized spacial score (nSPS) is 10.1. The van der Waals surface area contributed by atoms with Gasteiger partial charge >= 0.3 is 0 Å². The van der Waals surface area contributed by atoms with Crippen LogP contribution in [0.25, 0.3) is 0 Å². The van der Waals surface area contributed by atoms with Crippen molar-refractivity contribution in [1.29, 1.82) is 0 Å². The maximum absolute atomic E-state index is 12.1. The van der Waals surface area contributed by atoms with Crippen LogP contribution in [0.15, 0.2) is 48.5 Å². The zero-order chi connectivity index (χ0) is 19.5. The van der Waals surface area contributed by atoms with Gasteiger partial charge in [-0.25, -0.2) is 0 Å². The molecule has 0 saturated carbocycles. The number of benzene rings is 2. The third-order valence-corrected chi connectivity index (χ3v) is 3.98. The van der Waals surface area contributed by atoms with Crippen molar-refractivity contribution < 1.29 is 14.3 Å². The van der Waals surface area contributed by atoms with Crippen molar-refractivity contribution in [2.24, 2.45) is 0 Å². The number of ether oxygens (including phenoxy) is 1. The Kier molecular flexibility index (Phi) is 8.16. The highest BCUT2D eigenvalue weighted by Gasteiger charge is 2.06. The van der Waals surface area contributed by atoms with Gasteiger partial charge in [0.1, 0.15) is 5.75 Å². The summed E-state index contributed by atoms with van der Waals surface area (Å²) in [5, 5.41) is 8.74. The Labute approximate surface area is 160 Å². The van der Waals surface area contributed by atoms with Crippen LogP contribution in [0.3, 0.4) is 0 Å². The fourth-order valence-corrected chi connectivity index (χ4v) is 2.53. The lowest BCUT2D eigenvalue weighted by Crippen LogP contribution is -2.21. The molecule has 0 radical (unpaired) electrons. The predicted molar refractivity (Wildman–Crippen MR) is 109 cm³/mol. The van der Waals surface area contributed by atoms with Gasteiger partial charge in [-0.1, -0.05) is 25.8 Å². The van der Waals surface area contributed by atoms with E-state index in [1.807, 2.05) is 30.3 Å². The average Bonchev–Trinajstić information content (AvgIpc) is 2.67. The van der Waals surface area contributed by atoms with Gasteiger partial charge < -0.3 is 20.7 Å². The van der Waals surface area contributed by atoms with E-state index in [0.717, 1.165) is 30.7 Å². The summed E-state index contributed by atoms with van der Waals surface area (Å²) in [4.78, 5) is 24.0. The van der Waals surface area contributed by atoms with Gasteiger partial charge in [0.05, 0.1) is 13.7 Å². The number of carbonyl (C=O) groups excluding carboxylic acids is 2. The number of nitrogens with one attached hydrogen (secondary N) is 3. The van der Waals surface area contributed by atoms with Gasteiger partial charge in [-0.2, -0.15) is 0 Å². The first-order chi connectivity index (χ1) is 13.1. The molecule has 0 fully saturated rings. The van der Waals surface area contributed by atoms with Crippen LogP contribution in [0, 0.1) is 0 Å². The van der Waals surface area contributed by atoms with Gasteiger partial charge in [0, 0.05) is 23.5 Å². The molecule has 0 atom stereocenters. The van der Waals surface area contributed by atoms with E-state index < -0.39 is 0 Å². The van der Waals surface area contributed by atoms with E-state index in [2.05, 4.69) is 22.9 Å². The first-order valence-corrected chi connectivity index (χ1v) is 9.18.